The van der Waals surface area contributed by atoms with E-state index in [1.807, 2.05) is 24.3 Å². The number of carbonyl (C=O) groups excluding carboxylic acids is 1. The van der Waals surface area contributed by atoms with Crippen LogP contribution in [0, 0.1) is 5.82 Å². The lowest BCUT2D eigenvalue weighted by Crippen LogP contribution is -2.07. The SMILES string of the molecule is O=C(/C=C/c1ccccc1F)Nc1ccc(-c2nnc3n2CCCCC3)cc1. The lowest BCUT2D eigenvalue weighted by Gasteiger charge is -2.08. The Hall–Kier alpha value is -3.28. The summed E-state index contributed by atoms with van der Waals surface area (Å²) in [5, 5.41) is 11.5. The molecule has 142 valence electrons. The number of carbonyl (C=O) groups is 1. The van der Waals surface area contributed by atoms with Gasteiger partial charge in [-0.1, -0.05) is 24.6 Å². The second-order valence-electron chi connectivity index (χ2n) is 6.82. The Bertz CT molecular complexity index is 1010. The number of aryl methyl sites for hydroxylation is 1. The Balaban J connectivity index is 1.45. The molecule has 2 aromatic carbocycles. The standard InChI is InChI=1S/C22H21FN4O/c23-19-7-4-3-6-16(19)11-14-21(28)24-18-12-9-17(10-13-18)22-26-25-20-8-2-1-5-15-27(20)22/h3-4,6-7,9-14H,1-2,5,8,15H2,(H,24,28)/b14-11+. The van der Waals surface area contributed by atoms with Crippen LogP contribution in [-0.2, 0) is 17.8 Å². The van der Waals surface area contributed by atoms with Gasteiger partial charge in [-0.05, 0) is 49.2 Å². The minimum atomic E-state index is -0.358. The van der Waals surface area contributed by atoms with Crippen LogP contribution >= 0.6 is 0 Å². The summed E-state index contributed by atoms with van der Waals surface area (Å²) in [6, 6.07) is 13.9. The van der Waals surface area contributed by atoms with Crippen LogP contribution in [0.3, 0.4) is 0 Å². The lowest BCUT2D eigenvalue weighted by atomic mass is 10.2. The molecule has 0 fully saturated rings. The van der Waals surface area contributed by atoms with Crippen molar-refractivity contribution in [3.05, 3.63) is 71.8 Å². The van der Waals surface area contributed by atoms with Crippen molar-refractivity contribution in [2.24, 2.45) is 0 Å². The molecular formula is C22H21FN4O. The molecule has 3 aromatic rings. The highest BCUT2D eigenvalue weighted by Gasteiger charge is 2.15. The van der Waals surface area contributed by atoms with Gasteiger partial charge < -0.3 is 9.88 Å². The van der Waals surface area contributed by atoms with Crippen LogP contribution in [0.2, 0.25) is 0 Å². The Morgan fingerprint density at radius 2 is 1.86 bits per heavy atom. The first-order valence-electron chi connectivity index (χ1n) is 9.47. The molecule has 0 atom stereocenters. The summed E-state index contributed by atoms with van der Waals surface area (Å²) in [6.45, 7) is 0.941. The first kappa shape index (κ1) is 18.1. The molecule has 1 amide bonds. The third kappa shape index (κ3) is 4.01. The Morgan fingerprint density at radius 3 is 2.68 bits per heavy atom. The van der Waals surface area contributed by atoms with Gasteiger partial charge in [-0.15, -0.1) is 10.2 Å². The van der Waals surface area contributed by atoms with Crippen molar-refractivity contribution >= 4 is 17.7 Å². The van der Waals surface area contributed by atoms with E-state index in [4.69, 9.17) is 0 Å². The summed E-state index contributed by atoms with van der Waals surface area (Å²) in [4.78, 5) is 12.1. The normalized spacial score (nSPS) is 13.9. The first-order chi connectivity index (χ1) is 13.7. The quantitative estimate of drug-likeness (QED) is 0.684. The number of hydrogen-bond donors (Lipinski definition) is 1. The molecule has 2 heterocycles. The number of amides is 1. The van der Waals surface area contributed by atoms with Crippen molar-refractivity contribution in [2.45, 2.75) is 32.2 Å². The van der Waals surface area contributed by atoms with Gasteiger partial charge in [0.15, 0.2) is 5.82 Å². The van der Waals surface area contributed by atoms with E-state index in [1.165, 1.54) is 24.6 Å². The zero-order valence-electron chi connectivity index (χ0n) is 15.4. The minimum absolute atomic E-state index is 0.313. The summed E-state index contributed by atoms with van der Waals surface area (Å²) in [5.74, 6) is 1.24. The maximum atomic E-state index is 13.6. The van der Waals surface area contributed by atoms with Crippen molar-refractivity contribution in [1.29, 1.82) is 0 Å². The van der Waals surface area contributed by atoms with Crippen molar-refractivity contribution < 1.29 is 9.18 Å². The second kappa shape index (κ2) is 8.17. The van der Waals surface area contributed by atoms with Crippen LogP contribution in [0.1, 0.15) is 30.7 Å². The molecule has 0 saturated carbocycles. The number of fused-ring (bicyclic) bond motifs is 1. The van der Waals surface area contributed by atoms with Gasteiger partial charge >= 0.3 is 0 Å². The fourth-order valence-corrected chi connectivity index (χ4v) is 3.36. The minimum Gasteiger partial charge on any atom is -0.323 e. The molecule has 0 bridgehead atoms. The van der Waals surface area contributed by atoms with Crippen LogP contribution < -0.4 is 5.32 Å². The smallest absolute Gasteiger partial charge is 0.248 e. The molecule has 6 heteroatoms. The van der Waals surface area contributed by atoms with E-state index in [2.05, 4.69) is 20.1 Å². The molecular weight excluding hydrogens is 355 g/mol. The van der Waals surface area contributed by atoms with Gasteiger partial charge in [-0.25, -0.2) is 4.39 Å². The topological polar surface area (TPSA) is 59.8 Å². The van der Waals surface area contributed by atoms with Crippen molar-refractivity contribution in [3.63, 3.8) is 0 Å². The molecule has 28 heavy (non-hydrogen) atoms. The molecule has 1 aromatic heterocycles. The van der Waals surface area contributed by atoms with E-state index in [9.17, 15) is 9.18 Å². The predicted molar refractivity (Wildman–Crippen MR) is 107 cm³/mol. The molecule has 1 N–H and O–H groups in total. The van der Waals surface area contributed by atoms with Gasteiger partial charge in [0.25, 0.3) is 0 Å². The number of benzene rings is 2. The summed E-state index contributed by atoms with van der Waals surface area (Å²) in [5.41, 5.74) is 2.02. The number of halogens is 1. The van der Waals surface area contributed by atoms with Crippen LogP contribution in [0.4, 0.5) is 10.1 Å². The van der Waals surface area contributed by atoms with Crippen molar-refractivity contribution in [1.82, 2.24) is 14.8 Å². The fourth-order valence-electron chi connectivity index (χ4n) is 3.36. The lowest BCUT2D eigenvalue weighted by molar-refractivity contribution is -0.111. The Kier molecular flexibility index (Phi) is 5.28. The van der Waals surface area contributed by atoms with Gasteiger partial charge in [-0.3, -0.25) is 4.79 Å². The van der Waals surface area contributed by atoms with Crippen molar-refractivity contribution in [2.75, 3.05) is 5.32 Å². The molecule has 4 rings (SSSR count). The number of nitrogens with zero attached hydrogens (tertiary/aromatic N) is 3. The summed E-state index contributed by atoms with van der Waals surface area (Å²) in [6.07, 6.45) is 7.27. The molecule has 1 aliphatic heterocycles. The van der Waals surface area contributed by atoms with Gasteiger partial charge in [0.1, 0.15) is 11.6 Å². The number of nitrogens with one attached hydrogen (secondary N) is 1. The van der Waals surface area contributed by atoms with Crippen LogP contribution in [-0.4, -0.2) is 20.7 Å². The third-order valence-electron chi connectivity index (χ3n) is 4.84. The number of anilines is 1. The first-order valence-corrected chi connectivity index (χ1v) is 9.47. The van der Waals surface area contributed by atoms with Gasteiger partial charge in [0, 0.05) is 35.9 Å². The maximum absolute atomic E-state index is 13.6. The van der Waals surface area contributed by atoms with Crippen LogP contribution in [0.15, 0.2) is 54.6 Å². The number of aromatic nitrogens is 3. The van der Waals surface area contributed by atoms with E-state index in [0.29, 0.717) is 11.3 Å². The second-order valence-corrected chi connectivity index (χ2v) is 6.82. The average molecular weight is 376 g/mol. The van der Waals surface area contributed by atoms with Crippen molar-refractivity contribution in [3.8, 4) is 11.4 Å². The fraction of sp³-hybridized carbons (Fsp3) is 0.227. The Morgan fingerprint density at radius 1 is 1.04 bits per heavy atom. The van der Waals surface area contributed by atoms with E-state index in [0.717, 1.165) is 43.0 Å². The molecule has 0 saturated heterocycles. The van der Waals surface area contributed by atoms with Gasteiger partial charge in [-0.2, -0.15) is 0 Å². The molecule has 0 unspecified atom stereocenters. The maximum Gasteiger partial charge on any atom is 0.248 e. The monoisotopic (exact) mass is 376 g/mol. The van der Waals surface area contributed by atoms with Gasteiger partial charge in [0.05, 0.1) is 0 Å². The highest BCUT2D eigenvalue weighted by Crippen LogP contribution is 2.24. The Labute approximate surface area is 162 Å². The van der Waals surface area contributed by atoms with Crippen LogP contribution in [0.25, 0.3) is 17.5 Å². The zero-order chi connectivity index (χ0) is 19.3. The average Bonchev–Trinajstić information content (AvgIpc) is 2.96. The number of rotatable bonds is 4. The largest absolute Gasteiger partial charge is 0.323 e. The highest BCUT2D eigenvalue weighted by molar-refractivity contribution is 6.02. The zero-order valence-corrected chi connectivity index (χ0v) is 15.4. The van der Waals surface area contributed by atoms with Crippen LogP contribution in [0.5, 0.6) is 0 Å². The summed E-state index contributed by atoms with van der Waals surface area (Å²) >= 11 is 0. The molecule has 5 nitrogen and oxygen atoms in total. The number of hydrogen-bond acceptors (Lipinski definition) is 3. The summed E-state index contributed by atoms with van der Waals surface area (Å²) in [7, 11) is 0. The molecule has 0 radical (unpaired) electrons. The van der Waals surface area contributed by atoms with E-state index < -0.39 is 0 Å². The molecule has 0 aliphatic carbocycles. The molecule has 1 aliphatic rings. The summed E-state index contributed by atoms with van der Waals surface area (Å²) < 4.78 is 15.8. The predicted octanol–water partition coefficient (Wildman–Crippen LogP) is 4.46. The third-order valence-corrected chi connectivity index (χ3v) is 4.84. The highest BCUT2D eigenvalue weighted by atomic mass is 19.1. The van der Waals surface area contributed by atoms with E-state index in [1.54, 1.807) is 18.2 Å². The van der Waals surface area contributed by atoms with E-state index in [-0.39, 0.29) is 11.7 Å². The molecule has 0 spiro atoms. The van der Waals surface area contributed by atoms with E-state index >= 15 is 0 Å². The van der Waals surface area contributed by atoms with Gasteiger partial charge in [0.2, 0.25) is 5.91 Å².